The summed E-state index contributed by atoms with van der Waals surface area (Å²) in [6, 6.07) is 3.06. The van der Waals surface area contributed by atoms with Crippen LogP contribution < -0.4 is 5.73 Å². The molecule has 0 aromatic carbocycles. The van der Waals surface area contributed by atoms with E-state index in [2.05, 4.69) is 20.9 Å². The molecule has 3 nitrogen and oxygen atoms in total. The van der Waals surface area contributed by atoms with Crippen molar-refractivity contribution in [2.24, 2.45) is 0 Å². The van der Waals surface area contributed by atoms with Gasteiger partial charge in [-0.3, -0.25) is 0 Å². The molecule has 6 heteroatoms. The molecule has 0 bridgehead atoms. The number of pyridine rings is 1. The Labute approximate surface area is 87.7 Å². The maximum Gasteiger partial charge on any atom is 0.267 e. The van der Waals surface area contributed by atoms with Crippen molar-refractivity contribution in [1.29, 1.82) is 5.26 Å². The van der Waals surface area contributed by atoms with E-state index in [4.69, 9.17) is 11.0 Å². The van der Waals surface area contributed by atoms with Crippen molar-refractivity contribution in [3.63, 3.8) is 0 Å². The molecule has 1 aromatic heterocycles. The maximum absolute atomic E-state index is 12.5. The molecule has 14 heavy (non-hydrogen) atoms. The topological polar surface area (TPSA) is 62.7 Å². The zero-order valence-electron chi connectivity index (χ0n) is 6.97. The molecule has 0 saturated heterocycles. The molecule has 0 radical (unpaired) electrons. The van der Waals surface area contributed by atoms with Gasteiger partial charge in [-0.1, -0.05) is 0 Å². The molecule has 1 rings (SSSR count). The monoisotopic (exact) mass is 261 g/mol. The zero-order chi connectivity index (χ0) is 10.7. The average molecular weight is 262 g/mol. The SMILES string of the molecule is N#CCc1nc(Br)cc(N)c1C(F)F. The molecule has 0 aliphatic rings. The first-order chi connectivity index (χ1) is 6.56. The fourth-order valence-electron chi connectivity index (χ4n) is 1.06. The first kappa shape index (κ1) is 10.9. The van der Waals surface area contributed by atoms with Crippen LogP contribution in [0, 0.1) is 11.3 Å². The summed E-state index contributed by atoms with van der Waals surface area (Å²) in [7, 11) is 0. The molecule has 0 aliphatic carbocycles. The highest BCUT2D eigenvalue weighted by molar-refractivity contribution is 9.10. The predicted octanol–water partition coefficient (Wildman–Crippen LogP) is 2.43. The van der Waals surface area contributed by atoms with Crippen LogP contribution in [0.15, 0.2) is 10.7 Å². The highest BCUT2D eigenvalue weighted by Gasteiger charge is 2.18. The van der Waals surface area contributed by atoms with Gasteiger partial charge in [-0.05, 0) is 22.0 Å². The second kappa shape index (κ2) is 4.33. The zero-order valence-corrected chi connectivity index (χ0v) is 8.55. The lowest BCUT2D eigenvalue weighted by atomic mass is 10.1. The number of aromatic nitrogens is 1. The van der Waals surface area contributed by atoms with Crippen molar-refractivity contribution in [2.45, 2.75) is 12.8 Å². The number of hydrogen-bond acceptors (Lipinski definition) is 3. The van der Waals surface area contributed by atoms with Crippen molar-refractivity contribution < 1.29 is 8.78 Å². The Hall–Kier alpha value is -1.22. The molecular formula is C8H6BrF2N3. The first-order valence-electron chi connectivity index (χ1n) is 3.66. The summed E-state index contributed by atoms with van der Waals surface area (Å²) in [6.07, 6.45) is -2.89. The molecule has 0 amide bonds. The van der Waals surface area contributed by atoms with Gasteiger partial charge in [0.15, 0.2) is 0 Å². The molecule has 1 aromatic rings. The van der Waals surface area contributed by atoms with E-state index in [9.17, 15) is 8.78 Å². The normalized spacial score (nSPS) is 10.2. The van der Waals surface area contributed by atoms with Gasteiger partial charge in [0.05, 0.1) is 23.7 Å². The number of nitrogens with zero attached hydrogens (tertiary/aromatic N) is 2. The summed E-state index contributed by atoms with van der Waals surface area (Å²) in [5, 5.41) is 8.42. The number of nitrogen functional groups attached to an aromatic ring is 1. The Balaban J connectivity index is 3.30. The van der Waals surface area contributed by atoms with Gasteiger partial charge in [0.25, 0.3) is 6.43 Å². The minimum Gasteiger partial charge on any atom is -0.398 e. The van der Waals surface area contributed by atoms with Crippen molar-refractivity contribution in [1.82, 2.24) is 4.98 Å². The summed E-state index contributed by atoms with van der Waals surface area (Å²) in [5.74, 6) is 0. The highest BCUT2D eigenvalue weighted by Crippen LogP contribution is 2.29. The quantitative estimate of drug-likeness (QED) is 0.832. The first-order valence-corrected chi connectivity index (χ1v) is 4.45. The van der Waals surface area contributed by atoms with E-state index in [0.717, 1.165) is 0 Å². The van der Waals surface area contributed by atoms with E-state index >= 15 is 0 Å². The maximum atomic E-state index is 12.5. The van der Waals surface area contributed by atoms with Crippen molar-refractivity contribution in [2.75, 3.05) is 5.73 Å². The fourth-order valence-corrected chi connectivity index (χ4v) is 1.52. The van der Waals surface area contributed by atoms with Gasteiger partial charge in [-0.2, -0.15) is 5.26 Å². The summed E-state index contributed by atoms with van der Waals surface area (Å²) in [5.41, 5.74) is 5.02. The lowest BCUT2D eigenvalue weighted by Gasteiger charge is -2.08. The minimum absolute atomic E-state index is 0.0226. The number of rotatable bonds is 2. The van der Waals surface area contributed by atoms with Gasteiger partial charge in [0, 0.05) is 5.69 Å². The van der Waals surface area contributed by atoms with Crippen molar-refractivity contribution >= 4 is 21.6 Å². The second-order valence-corrected chi connectivity index (χ2v) is 3.34. The van der Waals surface area contributed by atoms with E-state index in [1.807, 2.05) is 0 Å². The third-order valence-electron chi connectivity index (χ3n) is 1.60. The minimum atomic E-state index is -2.71. The number of hydrogen-bond donors (Lipinski definition) is 1. The highest BCUT2D eigenvalue weighted by atomic mass is 79.9. The summed E-state index contributed by atoms with van der Waals surface area (Å²) in [4.78, 5) is 3.78. The second-order valence-electron chi connectivity index (χ2n) is 2.53. The standard InChI is InChI=1S/C8H6BrF2N3/c9-6-3-4(13)7(8(10)11)5(14-6)1-2-12/h3,8H,1H2,(H2,13,14). The Kier molecular flexibility index (Phi) is 3.36. The van der Waals surface area contributed by atoms with Crippen LogP contribution in [0.1, 0.15) is 17.7 Å². The third-order valence-corrected chi connectivity index (χ3v) is 2.01. The molecule has 74 valence electrons. The van der Waals surface area contributed by atoms with Crippen molar-refractivity contribution in [3.8, 4) is 6.07 Å². The summed E-state index contributed by atoms with van der Waals surface area (Å²) in [6.45, 7) is 0. The third kappa shape index (κ3) is 2.17. The lowest BCUT2D eigenvalue weighted by Crippen LogP contribution is -2.03. The van der Waals surface area contributed by atoms with Crippen LogP contribution in [0.2, 0.25) is 0 Å². The Bertz CT molecular complexity index is 387. The van der Waals surface area contributed by atoms with Crippen LogP contribution in [0.4, 0.5) is 14.5 Å². The van der Waals surface area contributed by atoms with Gasteiger partial charge in [-0.25, -0.2) is 13.8 Å². The van der Waals surface area contributed by atoms with Crippen LogP contribution in [-0.2, 0) is 6.42 Å². The van der Waals surface area contributed by atoms with Crippen LogP contribution in [-0.4, -0.2) is 4.98 Å². The molecule has 0 saturated carbocycles. The van der Waals surface area contributed by atoms with Gasteiger partial charge in [0.1, 0.15) is 4.60 Å². The van der Waals surface area contributed by atoms with Crippen LogP contribution >= 0.6 is 15.9 Å². The Morgan fingerprint density at radius 2 is 2.29 bits per heavy atom. The summed E-state index contributed by atoms with van der Waals surface area (Å²) < 4.78 is 25.3. The molecular weight excluding hydrogens is 256 g/mol. The van der Waals surface area contributed by atoms with Gasteiger partial charge >= 0.3 is 0 Å². The molecule has 0 atom stereocenters. The van der Waals surface area contributed by atoms with Crippen molar-refractivity contribution in [3.05, 3.63) is 21.9 Å². The van der Waals surface area contributed by atoms with E-state index in [0.29, 0.717) is 4.60 Å². The fraction of sp³-hybridized carbons (Fsp3) is 0.250. The van der Waals surface area contributed by atoms with E-state index in [1.165, 1.54) is 6.07 Å². The van der Waals surface area contributed by atoms with Crippen LogP contribution in [0.3, 0.4) is 0 Å². The molecule has 0 unspecified atom stereocenters. The number of nitriles is 1. The van der Waals surface area contributed by atoms with Crippen LogP contribution in [0.5, 0.6) is 0 Å². The molecule has 0 aliphatic heterocycles. The molecule has 1 heterocycles. The number of anilines is 1. The molecule has 2 N–H and O–H groups in total. The number of alkyl halides is 2. The van der Waals surface area contributed by atoms with Gasteiger partial charge in [0.2, 0.25) is 0 Å². The Morgan fingerprint density at radius 3 is 2.79 bits per heavy atom. The van der Waals surface area contributed by atoms with Crippen LogP contribution in [0.25, 0.3) is 0 Å². The predicted molar refractivity (Wildman–Crippen MR) is 50.6 cm³/mol. The van der Waals surface area contributed by atoms with Gasteiger partial charge in [-0.15, -0.1) is 0 Å². The Morgan fingerprint density at radius 1 is 1.64 bits per heavy atom. The van der Waals surface area contributed by atoms with E-state index in [-0.39, 0.29) is 23.4 Å². The van der Waals surface area contributed by atoms with E-state index in [1.54, 1.807) is 6.07 Å². The summed E-state index contributed by atoms with van der Waals surface area (Å²) >= 11 is 3.02. The number of nitrogens with two attached hydrogens (primary N) is 1. The smallest absolute Gasteiger partial charge is 0.267 e. The molecule has 0 fully saturated rings. The largest absolute Gasteiger partial charge is 0.398 e. The van der Waals surface area contributed by atoms with E-state index < -0.39 is 6.43 Å². The number of halogens is 3. The molecule has 0 spiro atoms. The van der Waals surface area contributed by atoms with Gasteiger partial charge < -0.3 is 5.73 Å². The average Bonchev–Trinajstić information content (AvgIpc) is 2.01. The lowest BCUT2D eigenvalue weighted by molar-refractivity contribution is 0.150.